The molecule has 1 aromatic carbocycles. The first-order chi connectivity index (χ1) is 9.64. The Kier molecular flexibility index (Phi) is 5.58. The van der Waals surface area contributed by atoms with Crippen LogP contribution in [0.15, 0.2) is 30.3 Å². The Labute approximate surface area is 122 Å². The molecule has 1 aliphatic carbocycles. The van der Waals surface area contributed by atoms with Crippen molar-refractivity contribution in [2.75, 3.05) is 13.2 Å². The van der Waals surface area contributed by atoms with Crippen molar-refractivity contribution in [2.24, 2.45) is 5.92 Å². The third-order valence-electron chi connectivity index (χ3n) is 4.54. The summed E-state index contributed by atoms with van der Waals surface area (Å²) in [5.41, 5.74) is 0.563. The first-order valence-corrected chi connectivity index (χ1v) is 7.73. The minimum absolute atomic E-state index is 0.0210. The van der Waals surface area contributed by atoms with Crippen LogP contribution in [0.4, 0.5) is 0 Å². The fraction of sp³-hybridized carbons (Fsp3) is 0.647. The molecule has 0 aromatic heterocycles. The van der Waals surface area contributed by atoms with Crippen LogP contribution < -0.4 is 5.32 Å². The van der Waals surface area contributed by atoms with Crippen LogP contribution in [0.1, 0.15) is 44.6 Å². The minimum atomic E-state index is -0.488. The van der Waals surface area contributed by atoms with Gasteiger partial charge in [0.15, 0.2) is 0 Å². The van der Waals surface area contributed by atoms with Crippen LogP contribution in [0.25, 0.3) is 0 Å². The van der Waals surface area contributed by atoms with Crippen molar-refractivity contribution >= 4 is 0 Å². The highest BCUT2D eigenvalue weighted by Gasteiger charge is 2.26. The molecule has 3 heteroatoms. The second-order valence-corrected chi connectivity index (χ2v) is 6.28. The quantitative estimate of drug-likeness (QED) is 0.717. The smallest absolute Gasteiger partial charge is 0.0667 e. The second-order valence-electron chi connectivity index (χ2n) is 6.28. The molecule has 0 radical (unpaired) electrons. The summed E-state index contributed by atoms with van der Waals surface area (Å²) >= 11 is 0. The van der Waals surface area contributed by atoms with Gasteiger partial charge in [0, 0.05) is 6.54 Å². The normalized spacial score (nSPS) is 20.8. The van der Waals surface area contributed by atoms with Gasteiger partial charge in [-0.1, -0.05) is 56.0 Å². The van der Waals surface area contributed by atoms with Crippen molar-refractivity contribution in [3.63, 3.8) is 0 Å². The molecule has 2 unspecified atom stereocenters. The van der Waals surface area contributed by atoms with E-state index in [1.54, 1.807) is 0 Å². The predicted molar refractivity (Wildman–Crippen MR) is 81.5 cm³/mol. The Balaban J connectivity index is 1.86. The lowest BCUT2D eigenvalue weighted by Gasteiger charge is -2.31. The van der Waals surface area contributed by atoms with Crippen LogP contribution in [0, 0.1) is 5.92 Å². The molecule has 112 valence electrons. The summed E-state index contributed by atoms with van der Waals surface area (Å²) in [6.45, 7) is 2.53. The van der Waals surface area contributed by atoms with Gasteiger partial charge in [0.1, 0.15) is 0 Å². The maximum Gasteiger partial charge on any atom is 0.0667 e. The molecule has 1 aliphatic rings. The third-order valence-corrected chi connectivity index (χ3v) is 4.54. The molecule has 0 bridgehead atoms. The number of aliphatic hydroxyl groups is 2. The molecule has 3 N–H and O–H groups in total. The van der Waals surface area contributed by atoms with Gasteiger partial charge in [-0.15, -0.1) is 0 Å². The van der Waals surface area contributed by atoms with E-state index in [1.165, 1.54) is 25.7 Å². The van der Waals surface area contributed by atoms with Crippen molar-refractivity contribution in [2.45, 2.75) is 50.7 Å². The van der Waals surface area contributed by atoms with Crippen molar-refractivity contribution in [3.05, 3.63) is 35.9 Å². The fourth-order valence-corrected chi connectivity index (χ4v) is 3.11. The lowest BCUT2D eigenvalue weighted by Crippen LogP contribution is -2.46. The molecule has 0 amide bonds. The first kappa shape index (κ1) is 15.5. The highest BCUT2D eigenvalue weighted by molar-refractivity contribution is 5.23. The highest BCUT2D eigenvalue weighted by atomic mass is 16.3. The number of aliphatic hydroxyl groups excluding tert-OH is 2. The molecule has 0 aliphatic heterocycles. The van der Waals surface area contributed by atoms with Crippen molar-refractivity contribution < 1.29 is 10.2 Å². The van der Waals surface area contributed by atoms with Gasteiger partial charge in [0.25, 0.3) is 0 Å². The summed E-state index contributed by atoms with van der Waals surface area (Å²) in [6, 6.07) is 9.93. The lowest BCUT2D eigenvalue weighted by atomic mass is 9.92. The fourth-order valence-electron chi connectivity index (χ4n) is 3.11. The van der Waals surface area contributed by atoms with Crippen LogP contribution >= 0.6 is 0 Å². The van der Waals surface area contributed by atoms with Crippen LogP contribution in [0.2, 0.25) is 0 Å². The molecule has 1 saturated carbocycles. The van der Waals surface area contributed by atoms with E-state index in [1.807, 2.05) is 37.3 Å². The van der Waals surface area contributed by atoms with Gasteiger partial charge >= 0.3 is 0 Å². The molecule has 20 heavy (non-hydrogen) atoms. The number of hydrogen-bond donors (Lipinski definition) is 3. The van der Waals surface area contributed by atoms with Gasteiger partial charge in [-0.25, -0.2) is 0 Å². The first-order valence-electron chi connectivity index (χ1n) is 7.73. The van der Waals surface area contributed by atoms with E-state index in [9.17, 15) is 10.2 Å². The Morgan fingerprint density at radius 3 is 2.50 bits per heavy atom. The molecule has 0 saturated heterocycles. The largest absolute Gasteiger partial charge is 0.394 e. The lowest BCUT2D eigenvalue weighted by molar-refractivity contribution is 0.110. The number of benzene rings is 1. The molecular weight excluding hydrogens is 250 g/mol. The van der Waals surface area contributed by atoms with E-state index in [2.05, 4.69) is 5.32 Å². The average molecular weight is 277 g/mol. The van der Waals surface area contributed by atoms with E-state index >= 15 is 0 Å². The van der Waals surface area contributed by atoms with Crippen molar-refractivity contribution in [3.8, 4) is 0 Å². The minimum Gasteiger partial charge on any atom is -0.394 e. The van der Waals surface area contributed by atoms with E-state index < -0.39 is 5.54 Å². The van der Waals surface area contributed by atoms with Gasteiger partial charge in [0.2, 0.25) is 0 Å². The molecule has 1 aromatic rings. The Morgan fingerprint density at radius 1 is 1.25 bits per heavy atom. The molecule has 1 fully saturated rings. The van der Waals surface area contributed by atoms with Crippen molar-refractivity contribution in [1.82, 2.24) is 5.32 Å². The van der Waals surface area contributed by atoms with Gasteiger partial charge in [-0.05, 0) is 24.8 Å². The van der Waals surface area contributed by atoms with Gasteiger partial charge < -0.3 is 15.5 Å². The zero-order valence-electron chi connectivity index (χ0n) is 12.4. The highest BCUT2D eigenvalue weighted by Crippen LogP contribution is 2.28. The molecule has 2 atom stereocenters. The zero-order valence-corrected chi connectivity index (χ0v) is 12.4. The molecular formula is C17H27NO2. The summed E-state index contributed by atoms with van der Waals surface area (Å²) in [5, 5.41) is 23.2. The summed E-state index contributed by atoms with van der Waals surface area (Å²) in [7, 11) is 0. The average Bonchev–Trinajstić information content (AvgIpc) is 2.98. The summed E-state index contributed by atoms with van der Waals surface area (Å²) in [6.07, 6.45) is 5.68. The second kappa shape index (κ2) is 7.21. The van der Waals surface area contributed by atoms with Crippen LogP contribution in [-0.4, -0.2) is 29.5 Å². The van der Waals surface area contributed by atoms with Gasteiger partial charge in [0.05, 0.1) is 18.2 Å². The van der Waals surface area contributed by atoms with E-state index in [-0.39, 0.29) is 12.7 Å². The van der Waals surface area contributed by atoms with E-state index in [4.69, 9.17) is 0 Å². The van der Waals surface area contributed by atoms with Crippen LogP contribution in [0.3, 0.4) is 0 Å². The monoisotopic (exact) mass is 277 g/mol. The maximum absolute atomic E-state index is 10.2. The van der Waals surface area contributed by atoms with E-state index in [0.717, 1.165) is 12.0 Å². The summed E-state index contributed by atoms with van der Waals surface area (Å²) in [4.78, 5) is 0. The Bertz CT molecular complexity index is 389. The Hall–Kier alpha value is -0.900. The summed E-state index contributed by atoms with van der Waals surface area (Å²) in [5.74, 6) is 0.684. The topological polar surface area (TPSA) is 52.5 Å². The number of nitrogens with one attached hydrogen (secondary N) is 1. The molecule has 2 rings (SSSR count). The maximum atomic E-state index is 10.2. The number of hydrogen-bond acceptors (Lipinski definition) is 3. The van der Waals surface area contributed by atoms with Crippen molar-refractivity contribution in [1.29, 1.82) is 0 Å². The SMILES string of the molecule is CC(CO)(NCC(O)CC1CCCC1)c1ccccc1. The van der Waals surface area contributed by atoms with Gasteiger partial charge in [-0.3, -0.25) is 0 Å². The number of rotatable bonds is 7. The molecule has 3 nitrogen and oxygen atoms in total. The zero-order chi connectivity index (χ0) is 14.4. The van der Waals surface area contributed by atoms with E-state index in [0.29, 0.717) is 12.5 Å². The predicted octanol–water partition coefficient (Wildman–Crippen LogP) is 2.42. The van der Waals surface area contributed by atoms with Gasteiger partial charge in [-0.2, -0.15) is 0 Å². The third kappa shape index (κ3) is 4.05. The standard InChI is InChI=1S/C17H27NO2/c1-17(13-19,15-9-3-2-4-10-15)18-12-16(20)11-14-7-5-6-8-14/h2-4,9-10,14,16,18-20H,5-8,11-13H2,1H3. The van der Waals surface area contributed by atoms with Crippen LogP contribution in [0.5, 0.6) is 0 Å². The Morgan fingerprint density at radius 2 is 1.90 bits per heavy atom. The molecule has 0 spiro atoms. The summed E-state index contributed by atoms with van der Waals surface area (Å²) < 4.78 is 0. The molecule has 0 heterocycles. The van der Waals surface area contributed by atoms with Crippen LogP contribution in [-0.2, 0) is 5.54 Å².